The van der Waals surface area contributed by atoms with E-state index in [0.717, 1.165) is 12.8 Å². The van der Waals surface area contributed by atoms with Crippen LogP contribution in [0.15, 0.2) is 42.5 Å². The predicted molar refractivity (Wildman–Crippen MR) is 114 cm³/mol. The van der Waals surface area contributed by atoms with Gasteiger partial charge < -0.3 is 15.5 Å². The summed E-state index contributed by atoms with van der Waals surface area (Å²) in [5.74, 6) is -0.452. The van der Waals surface area contributed by atoms with E-state index >= 15 is 0 Å². The number of halogens is 2. The van der Waals surface area contributed by atoms with Gasteiger partial charge in [0.2, 0.25) is 5.91 Å². The van der Waals surface area contributed by atoms with Crippen molar-refractivity contribution in [1.29, 1.82) is 0 Å². The highest BCUT2D eigenvalue weighted by Gasteiger charge is 2.24. The van der Waals surface area contributed by atoms with Crippen LogP contribution in [0.1, 0.15) is 40.5 Å². The molecule has 0 spiro atoms. The maximum atomic E-state index is 12.7. The molecule has 8 heteroatoms. The number of carbonyl (C=O) groups is 3. The molecule has 2 N–H and O–H groups in total. The van der Waals surface area contributed by atoms with Crippen LogP contribution in [0.5, 0.6) is 0 Å². The van der Waals surface area contributed by atoms with E-state index in [2.05, 4.69) is 10.6 Å². The maximum absolute atomic E-state index is 12.7. The molecule has 0 radical (unpaired) electrons. The number of benzene rings is 2. The summed E-state index contributed by atoms with van der Waals surface area (Å²) in [4.78, 5) is 38.0. The normalized spacial score (nSPS) is 14.4. The van der Waals surface area contributed by atoms with Gasteiger partial charge in [-0.1, -0.05) is 23.2 Å². The number of rotatable bonds is 4. The van der Waals surface area contributed by atoms with Gasteiger partial charge in [-0.3, -0.25) is 14.4 Å². The van der Waals surface area contributed by atoms with Gasteiger partial charge in [-0.05, 0) is 55.3 Å². The second-order valence-electron chi connectivity index (χ2n) is 6.96. The van der Waals surface area contributed by atoms with Crippen molar-refractivity contribution in [3.05, 3.63) is 63.6 Å². The zero-order chi connectivity index (χ0) is 21.0. The Morgan fingerprint density at radius 1 is 0.931 bits per heavy atom. The van der Waals surface area contributed by atoms with Crippen LogP contribution in [-0.4, -0.2) is 41.8 Å². The number of nitrogens with one attached hydrogen (secondary N) is 2. The van der Waals surface area contributed by atoms with Crippen molar-refractivity contribution in [1.82, 2.24) is 10.2 Å². The molecule has 0 unspecified atom stereocenters. The SMILES string of the molecule is CC(=O)NC1CCN(C(=O)c2ccc(NC(=O)c3cc(Cl)cc(Cl)c3)cc2)CC1. The lowest BCUT2D eigenvalue weighted by atomic mass is 10.0. The van der Waals surface area contributed by atoms with E-state index in [4.69, 9.17) is 23.2 Å². The van der Waals surface area contributed by atoms with Crippen molar-refractivity contribution >= 4 is 46.6 Å². The molecule has 1 fully saturated rings. The van der Waals surface area contributed by atoms with Crippen LogP contribution in [0.2, 0.25) is 10.0 Å². The summed E-state index contributed by atoms with van der Waals surface area (Å²) in [6.45, 7) is 2.69. The molecule has 3 rings (SSSR count). The Balaban J connectivity index is 1.59. The minimum absolute atomic E-state index is 0.0487. The number of likely N-dealkylation sites (tertiary alicyclic amines) is 1. The van der Waals surface area contributed by atoms with Crippen LogP contribution >= 0.6 is 23.2 Å². The van der Waals surface area contributed by atoms with E-state index in [1.165, 1.54) is 19.1 Å². The molecule has 0 atom stereocenters. The number of hydrogen-bond acceptors (Lipinski definition) is 3. The van der Waals surface area contributed by atoms with Crippen molar-refractivity contribution in [2.45, 2.75) is 25.8 Å². The summed E-state index contributed by atoms with van der Waals surface area (Å²) in [7, 11) is 0. The maximum Gasteiger partial charge on any atom is 0.255 e. The molecule has 3 amide bonds. The molecule has 0 aromatic heterocycles. The van der Waals surface area contributed by atoms with E-state index in [1.807, 2.05) is 0 Å². The van der Waals surface area contributed by atoms with Gasteiger partial charge in [0.15, 0.2) is 0 Å². The molecule has 6 nitrogen and oxygen atoms in total. The number of piperidine rings is 1. The van der Waals surface area contributed by atoms with Crippen molar-refractivity contribution in [3.8, 4) is 0 Å². The molecule has 1 aliphatic rings. The monoisotopic (exact) mass is 433 g/mol. The average molecular weight is 434 g/mol. The van der Waals surface area contributed by atoms with Crippen molar-refractivity contribution in [2.75, 3.05) is 18.4 Å². The molecule has 1 heterocycles. The first kappa shape index (κ1) is 21.1. The van der Waals surface area contributed by atoms with Gasteiger partial charge in [-0.25, -0.2) is 0 Å². The Bertz CT molecular complexity index is 903. The second-order valence-corrected chi connectivity index (χ2v) is 7.83. The Morgan fingerprint density at radius 3 is 2.07 bits per heavy atom. The molecular weight excluding hydrogens is 413 g/mol. The highest BCUT2D eigenvalue weighted by molar-refractivity contribution is 6.35. The van der Waals surface area contributed by atoms with Gasteiger partial charge in [0.05, 0.1) is 0 Å². The van der Waals surface area contributed by atoms with Gasteiger partial charge in [0.1, 0.15) is 0 Å². The summed E-state index contributed by atoms with van der Waals surface area (Å²) in [6, 6.07) is 11.5. The minimum Gasteiger partial charge on any atom is -0.353 e. The number of anilines is 1. The Labute approximate surface area is 179 Å². The van der Waals surface area contributed by atoms with E-state index in [-0.39, 0.29) is 23.8 Å². The molecule has 2 aromatic rings. The number of nitrogens with zero attached hydrogens (tertiary/aromatic N) is 1. The first-order chi connectivity index (χ1) is 13.8. The van der Waals surface area contributed by atoms with Crippen molar-refractivity contribution in [3.63, 3.8) is 0 Å². The fraction of sp³-hybridized carbons (Fsp3) is 0.286. The smallest absolute Gasteiger partial charge is 0.255 e. The molecule has 2 aromatic carbocycles. The Morgan fingerprint density at radius 2 is 1.52 bits per heavy atom. The lowest BCUT2D eigenvalue weighted by Gasteiger charge is -2.32. The van der Waals surface area contributed by atoms with Gasteiger partial charge >= 0.3 is 0 Å². The van der Waals surface area contributed by atoms with Crippen molar-refractivity contribution in [2.24, 2.45) is 0 Å². The molecular formula is C21H21Cl2N3O3. The molecule has 0 saturated carbocycles. The molecule has 1 aliphatic heterocycles. The Kier molecular flexibility index (Phi) is 6.77. The summed E-state index contributed by atoms with van der Waals surface area (Å²) in [5.41, 5.74) is 1.46. The molecule has 152 valence electrons. The predicted octanol–water partition coefficient (Wildman–Crippen LogP) is 3.99. The summed E-state index contributed by atoms with van der Waals surface area (Å²) in [6.07, 6.45) is 1.48. The highest BCUT2D eigenvalue weighted by atomic mass is 35.5. The first-order valence-electron chi connectivity index (χ1n) is 9.25. The quantitative estimate of drug-likeness (QED) is 0.764. The fourth-order valence-corrected chi connectivity index (χ4v) is 3.81. The van der Waals surface area contributed by atoms with Crippen LogP contribution < -0.4 is 10.6 Å². The summed E-state index contributed by atoms with van der Waals surface area (Å²) < 4.78 is 0. The summed E-state index contributed by atoms with van der Waals surface area (Å²) >= 11 is 11.9. The van der Waals surface area contributed by atoms with Gasteiger partial charge in [-0.15, -0.1) is 0 Å². The number of amides is 3. The standard InChI is InChI=1S/C21H21Cl2N3O3/c1-13(27)24-19-6-8-26(9-7-19)21(29)14-2-4-18(5-3-14)25-20(28)15-10-16(22)12-17(23)11-15/h2-5,10-12,19H,6-9H2,1H3,(H,24,27)(H,25,28). The van der Waals surface area contributed by atoms with E-state index in [9.17, 15) is 14.4 Å². The highest BCUT2D eigenvalue weighted by Crippen LogP contribution is 2.21. The average Bonchev–Trinajstić information content (AvgIpc) is 2.67. The van der Waals surface area contributed by atoms with Gasteiger partial charge in [0, 0.05) is 52.9 Å². The Hall–Kier alpha value is -2.57. The van der Waals surface area contributed by atoms with Crippen LogP contribution in [0, 0.1) is 0 Å². The van der Waals surface area contributed by atoms with Gasteiger partial charge in [-0.2, -0.15) is 0 Å². The largest absolute Gasteiger partial charge is 0.353 e. The zero-order valence-corrected chi connectivity index (χ0v) is 17.4. The minimum atomic E-state index is -0.339. The molecule has 29 heavy (non-hydrogen) atoms. The van der Waals surface area contributed by atoms with Crippen LogP contribution in [0.4, 0.5) is 5.69 Å². The fourth-order valence-electron chi connectivity index (χ4n) is 3.28. The number of hydrogen-bond donors (Lipinski definition) is 2. The van der Waals surface area contributed by atoms with Crippen LogP contribution in [-0.2, 0) is 4.79 Å². The zero-order valence-electron chi connectivity index (χ0n) is 15.9. The second kappa shape index (κ2) is 9.29. The third-order valence-electron chi connectivity index (χ3n) is 4.70. The van der Waals surface area contributed by atoms with E-state index in [1.54, 1.807) is 35.2 Å². The van der Waals surface area contributed by atoms with Gasteiger partial charge in [0.25, 0.3) is 11.8 Å². The third kappa shape index (κ3) is 5.71. The summed E-state index contributed by atoms with van der Waals surface area (Å²) in [5, 5.41) is 6.42. The van der Waals surface area contributed by atoms with Crippen LogP contribution in [0.25, 0.3) is 0 Å². The molecule has 0 bridgehead atoms. The van der Waals surface area contributed by atoms with Crippen molar-refractivity contribution < 1.29 is 14.4 Å². The van der Waals surface area contributed by atoms with E-state index < -0.39 is 0 Å². The number of carbonyl (C=O) groups excluding carboxylic acids is 3. The topological polar surface area (TPSA) is 78.5 Å². The third-order valence-corrected chi connectivity index (χ3v) is 5.14. The van der Waals surface area contributed by atoms with Crippen LogP contribution in [0.3, 0.4) is 0 Å². The molecule has 0 aliphatic carbocycles. The van der Waals surface area contributed by atoms with E-state index in [0.29, 0.717) is 39.9 Å². The molecule has 1 saturated heterocycles. The lowest BCUT2D eigenvalue weighted by molar-refractivity contribution is -0.119. The lowest BCUT2D eigenvalue weighted by Crippen LogP contribution is -2.46. The first-order valence-corrected chi connectivity index (χ1v) is 10.0.